The van der Waals surface area contributed by atoms with E-state index in [2.05, 4.69) is 21.2 Å². The predicted molar refractivity (Wildman–Crippen MR) is 78.0 cm³/mol. The van der Waals surface area contributed by atoms with Gasteiger partial charge in [0.1, 0.15) is 5.75 Å². The lowest BCUT2D eigenvalue weighted by atomic mass is 10.1. The van der Waals surface area contributed by atoms with Gasteiger partial charge in [-0.05, 0) is 46.3 Å². The Morgan fingerprint density at radius 2 is 2.00 bits per heavy atom. The van der Waals surface area contributed by atoms with E-state index in [1.165, 1.54) is 25.3 Å². The van der Waals surface area contributed by atoms with E-state index in [9.17, 15) is 18.0 Å². The van der Waals surface area contributed by atoms with Crippen molar-refractivity contribution >= 4 is 38.9 Å². The standard InChI is InChI=1S/C13H9BrF3NO2S/c1-20-7-2-3-9(8(6-7)13(15,16)17)18-12(19)10-4-5-11(14)21-10/h2-6H,1H3,(H,18,19). The smallest absolute Gasteiger partial charge is 0.418 e. The molecule has 0 aliphatic carbocycles. The monoisotopic (exact) mass is 379 g/mol. The van der Waals surface area contributed by atoms with Crippen molar-refractivity contribution in [3.63, 3.8) is 0 Å². The molecular formula is C13H9BrF3NO2S. The molecular weight excluding hydrogens is 371 g/mol. The van der Waals surface area contributed by atoms with Gasteiger partial charge in [-0.2, -0.15) is 13.2 Å². The van der Waals surface area contributed by atoms with Crippen molar-refractivity contribution in [3.8, 4) is 5.75 Å². The first kappa shape index (κ1) is 15.8. The van der Waals surface area contributed by atoms with Gasteiger partial charge in [-0.25, -0.2) is 0 Å². The van der Waals surface area contributed by atoms with E-state index in [4.69, 9.17) is 4.74 Å². The Morgan fingerprint density at radius 1 is 1.29 bits per heavy atom. The molecule has 1 N–H and O–H groups in total. The van der Waals surface area contributed by atoms with Crippen LogP contribution in [0.25, 0.3) is 0 Å². The maximum atomic E-state index is 13.0. The second-order valence-corrected chi connectivity index (χ2v) is 6.43. The zero-order valence-electron chi connectivity index (χ0n) is 10.6. The highest BCUT2D eigenvalue weighted by molar-refractivity contribution is 9.11. The number of ether oxygens (including phenoxy) is 1. The Bertz CT molecular complexity index is 670. The molecule has 0 aliphatic rings. The van der Waals surface area contributed by atoms with Crippen LogP contribution in [0.1, 0.15) is 15.2 Å². The third kappa shape index (κ3) is 3.76. The number of hydrogen-bond donors (Lipinski definition) is 1. The Hall–Kier alpha value is -1.54. The summed E-state index contributed by atoms with van der Waals surface area (Å²) in [7, 11) is 1.27. The summed E-state index contributed by atoms with van der Waals surface area (Å²) in [6.07, 6.45) is -4.59. The molecule has 112 valence electrons. The summed E-state index contributed by atoms with van der Waals surface area (Å²) in [5.41, 5.74) is -1.26. The lowest BCUT2D eigenvalue weighted by molar-refractivity contribution is -0.137. The average molecular weight is 380 g/mol. The molecule has 0 saturated heterocycles. The highest BCUT2D eigenvalue weighted by atomic mass is 79.9. The van der Waals surface area contributed by atoms with Crippen LogP contribution in [-0.4, -0.2) is 13.0 Å². The minimum Gasteiger partial charge on any atom is -0.497 e. The molecule has 2 aromatic rings. The van der Waals surface area contributed by atoms with E-state index in [1.807, 2.05) is 0 Å². The van der Waals surface area contributed by atoms with Crippen molar-refractivity contribution in [2.75, 3.05) is 12.4 Å². The summed E-state index contributed by atoms with van der Waals surface area (Å²) in [4.78, 5) is 12.3. The predicted octanol–water partition coefficient (Wildman–Crippen LogP) is 4.79. The van der Waals surface area contributed by atoms with Crippen LogP contribution in [-0.2, 0) is 6.18 Å². The van der Waals surface area contributed by atoms with E-state index in [0.717, 1.165) is 21.2 Å². The number of carbonyl (C=O) groups is 1. The quantitative estimate of drug-likeness (QED) is 0.832. The average Bonchev–Trinajstić information content (AvgIpc) is 2.84. The number of alkyl halides is 3. The minimum atomic E-state index is -4.59. The molecule has 2 rings (SSSR count). The second-order valence-electron chi connectivity index (χ2n) is 3.97. The molecule has 0 fully saturated rings. The first-order valence-electron chi connectivity index (χ1n) is 5.63. The molecule has 0 spiro atoms. The van der Waals surface area contributed by atoms with Crippen LogP contribution in [0, 0.1) is 0 Å². The summed E-state index contributed by atoms with van der Waals surface area (Å²) < 4.78 is 44.5. The van der Waals surface area contributed by atoms with Crippen LogP contribution in [0.3, 0.4) is 0 Å². The van der Waals surface area contributed by atoms with Crippen LogP contribution in [0.5, 0.6) is 5.75 Å². The number of hydrogen-bond acceptors (Lipinski definition) is 3. The molecule has 8 heteroatoms. The fraction of sp³-hybridized carbons (Fsp3) is 0.154. The van der Waals surface area contributed by atoms with Gasteiger partial charge >= 0.3 is 6.18 Å². The summed E-state index contributed by atoms with van der Waals surface area (Å²) in [6.45, 7) is 0. The molecule has 0 atom stereocenters. The third-order valence-corrected chi connectivity index (χ3v) is 4.20. The van der Waals surface area contributed by atoms with E-state index < -0.39 is 17.6 Å². The summed E-state index contributed by atoms with van der Waals surface area (Å²) in [6, 6.07) is 6.55. The maximum Gasteiger partial charge on any atom is 0.418 e. The molecule has 0 saturated carbocycles. The van der Waals surface area contributed by atoms with Crippen molar-refractivity contribution in [2.45, 2.75) is 6.18 Å². The van der Waals surface area contributed by atoms with Crippen LogP contribution in [0.15, 0.2) is 34.1 Å². The molecule has 0 bridgehead atoms. The SMILES string of the molecule is COc1ccc(NC(=O)c2ccc(Br)s2)c(C(F)(F)F)c1. The zero-order chi connectivity index (χ0) is 15.6. The lowest BCUT2D eigenvalue weighted by Crippen LogP contribution is -2.16. The van der Waals surface area contributed by atoms with Gasteiger partial charge in [0.2, 0.25) is 0 Å². The van der Waals surface area contributed by atoms with E-state index in [0.29, 0.717) is 4.88 Å². The largest absolute Gasteiger partial charge is 0.497 e. The van der Waals surface area contributed by atoms with E-state index >= 15 is 0 Å². The Labute approximate surface area is 130 Å². The Kier molecular flexibility index (Phi) is 4.58. The Morgan fingerprint density at radius 3 is 2.52 bits per heavy atom. The van der Waals surface area contributed by atoms with Gasteiger partial charge in [-0.15, -0.1) is 11.3 Å². The number of nitrogens with one attached hydrogen (secondary N) is 1. The number of amides is 1. The summed E-state index contributed by atoms with van der Waals surface area (Å²) in [5.74, 6) is -0.527. The molecule has 1 amide bonds. The van der Waals surface area contributed by atoms with Crippen molar-refractivity contribution in [1.29, 1.82) is 0 Å². The first-order chi connectivity index (χ1) is 9.81. The van der Waals surface area contributed by atoms with Gasteiger partial charge in [0.25, 0.3) is 5.91 Å². The second kappa shape index (κ2) is 6.07. The summed E-state index contributed by atoms with van der Waals surface area (Å²) >= 11 is 4.33. The summed E-state index contributed by atoms with van der Waals surface area (Å²) in [5, 5.41) is 2.27. The minimum absolute atomic E-state index is 0.0687. The van der Waals surface area contributed by atoms with Crippen molar-refractivity contribution in [3.05, 3.63) is 44.6 Å². The van der Waals surface area contributed by atoms with Crippen LogP contribution < -0.4 is 10.1 Å². The van der Waals surface area contributed by atoms with Crippen molar-refractivity contribution in [2.24, 2.45) is 0 Å². The molecule has 0 unspecified atom stereocenters. The number of halogens is 4. The fourth-order valence-corrected chi connectivity index (χ4v) is 2.90. The molecule has 3 nitrogen and oxygen atoms in total. The lowest BCUT2D eigenvalue weighted by Gasteiger charge is -2.14. The van der Waals surface area contributed by atoms with Gasteiger partial charge in [-0.1, -0.05) is 0 Å². The van der Waals surface area contributed by atoms with Gasteiger partial charge in [0, 0.05) is 0 Å². The molecule has 1 heterocycles. The number of thiophene rings is 1. The number of methoxy groups -OCH3 is 1. The fourth-order valence-electron chi connectivity index (χ4n) is 1.61. The van der Waals surface area contributed by atoms with Gasteiger partial charge < -0.3 is 10.1 Å². The molecule has 0 aliphatic heterocycles. The van der Waals surface area contributed by atoms with E-state index in [-0.39, 0.29) is 11.4 Å². The number of carbonyl (C=O) groups excluding carboxylic acids is 1. The van der Waals surface area contributed by atoms with Crippen molar-refractivity contribution < 1.29 is 22.7 Å². The van der Waals surface area contributed by atoms with Crippen LogP contribution in [0.2, 0.25) is 0 Å². The maximum absolute atomic E-state index is 13.0. The van der Waals surface area contributed by atoms with Crippen LogP contribution >= 0.6 is 27.3 Å². The van der Waals surface area contributed by atoms with Gasteiger partial charge in [0.05, 0.1) is 27.0 Å². The normalized spacial score (nSPS) is 11.3. The number of anilines is 1. The van der Waals surface area contributed by atoms with Gasteiger partial charge in [0.15, 0.2) is 0 Å². The molecule has 0 radical (unpaired) electrons. The highest BCUT2D eigenvalue weighted by Gasteiger charge is 2.34. The number of rotatable bonds is 3. The zero-order valence-corrected chi connectivity index (χ0v) is 13.0. The third-order valence-electron chi connectivity index (χ3n) is 2.58. The van der Waals surface area contributed by atoms with Crippen LogP contribution in [0.4, 0.5) is 18.9 Å². The molecule has 1 aromatic heterocycles. The topological polar surface area (TPSA) is 38.3 Å². The van der Waals surface area contributed by atoms with Crippen molar-refractivity contribution in [1.82, 2.24) is 0 Å². The highest BCUT2D eigenvalue weighted by Crippen LogP contribution is 2.37. The van der Waals surface area contributed by atoms with Gasteiger partial charge in [-0.3, -0.25) is 4.79 Å². The molecule has 1 aromatic carbocycles. The number of benzene rings is 1. The Balaban J connectivity index is 2.33. The first-order valence-corrected chi connectivity index (χ1v) is 7.24. The van der Waals surface area contributed by atoms with E-state index in [1.54, 1.807) is 6.07 Å². The molecule has 21 heavy (non-hydrogen) atoms.